The van der Waals surface area contributed by atoms with Crippen molar-refractivity contribution in [2.75, 3.05) is 23.4 Å². The van der Waals surface area contributed by atoms with Crippen LogP contribution in [0.2, 0.25) is 0 Å². The fourth-order valence-corrected chi connectivity index (χ4v) is 3.08. The van der Waals surface area contributed by atoms with E-state index in [0.717, 1.165) is 35.7 Å². The van der Waals surface area contributed by atoms with Crippen molar-refractivity contribution < 1.29 is 14.3 Å². The van der Waals surface area contributed by atoms with E-state index in [-0.39, 0.29) is 18.2 Å². The number of hydrogen-bond acceptors (Lipinski definition) is 3. The van der Waals surface area contributed by atoms with Crippen molar-refractivity contribution in [2.45, 2.75) is 33.1 Å². The molecule has 5 nitrogen and oxygen atoms in total. The molecule has 5 heteroatoms. The van der Waals surface area contributed by atoms with E-state index < -0.39 is 0 Å². The van der Waals surface area contributed by atoms with Crippen molar-refractivity contribution in [3.05, 3.63) is 53.6 Å². The molecule has 1 heterocycles. The summed E-state index contributed by atoms with van der Waals surface area (Å²) in [4.78, 5) is 25.6. The van der Waals surface area contributed by atoms with Crippen molar-refractivity contribution in [1.29, 1.82) is 0 Å². The average Bonchev–Trinajstić information content (AvgIpc) is 3.03. The van der Waals surface area contributed by atoms with E-state index in [1.165, 1.54) is 5.56 Å². The average molecular weight is 352 g/mol. The number of nitrogens with zero attached hydrogens (tertiary/aromatic N) is 1. The van der Waals surface area contributed by atoms with Gasteiger partial charge in [0.15, 0.2) is 0 Å². The van der Waals surface area contributed by atoms with Crippen LogP contribution in [0.1, 0.15) is 30.4 Å². The van der Waals surface area contributed by atoms with Gasteiger partial charge in [-0.3, -0.25) is 9.59 Å². The third-order valence-corrected chi connectivity index (χ3v) is 4.45. The Bertz CT molecular complexity index is 799. The standard InChI is InChI=1S/C21H24N2O3/c1-15-5-10-19(16(2)14-15)26-13-11-20(24)22-17-6-8-18(9-7-17)23-12-3-4-21(23)25/h5-10,14H,3-4,11-13H2,1-2H3,(H,22,24). The Hall–Kier alpha value is -2.82. The molecule has 1 saturated heterocycles. The molecule has 1 N–H and O–H groups in total. The van der Waals surface area contributed by atoms with Gasteiger partial charge in [-0.05, 0) is 56.2 Å². The normalized spacial score (nSPS) is 13.8. The summed E-state index contributed by atoms with van der Waals surface area (Å²) in [5.41, 5.74) is 3.85. The molecule has 0 atom stereocenters. The van der Waals surface area contributed by atoms with Crippen LogP contribution in [0.5, 0.6) is 5.75 Å². The fraction of sp³-hybridized carbons (Fsp3) is 0.333. The second-order valence-corrected chi connectivity index (χ2v) is 6.61. The van der Waals surface area contributed by atoms with E-state index >= 15 is 0 Å². The van der Waals surface area contributed by atoms with Crippen LogP contribution in [0.25, 0.3) is 0 Å². The quantitative estimate of drug-likeness (QED) is 0.859. The van der Waals surface area contributed by atoms with Crippen LogP contribution >= 0.6 is 0 Å². The smallest absolute Gasteiger partial charge is 0.227 e. The van der Waals surface area contributed by atoms with Gasteiger partial charge in [-0.25, -0.2) is 0 Å². The predicted molar refractivity (Wildman–Crippen MR) is 103 cm³/mol. The van der Waals surface area contributed by atoms with Crippen molar-refractivity contribution in [3.63, 3.8) is 0 Å². The summed E-state index contributed by atoms with van der Waals surface area (Å²) in [6.45, 7) is 5.13. The highest BCUT2D eigenvalue weighted by Gasteiger charge is 2.21. The number of carbonyl (C=O) groups is 2. The number of benzene rings is 2. The Morgan fingerprint density at radius 2 is 1.92 bits per heavy atom. The van der Waals surface area contributed by atoms with Crippen molar-refractivity contribution in [2.24, 2.45) is 0 Å². The zero-order valence-corrected chi connectivity index (χ0v) is 15.2. The summed E-state index contributed by atoms with van der Waals surface area (Å²) in [5.74, 6) is 0.869. The monoisotopic (exact) mass is 352 g/mol. The van der Waals surface area contributed by atoms with E-state index in [9.17, 15) is 9.59 Å². The first kappa shape index (κ1) is 18.0. The lowest BCUT2D eigenvalue weighted by molar-refractivity contribution is -0.117. The van der Waals surface area contributed by atoms with Gasteiger partial charge >= 0.3 is 0 Å². The third kappa shape index (κ3) is 4.42. The van der Waals surface area contributed by atoms with E-state index in [2.05, 4.69) is 11.4 Å². The molecule has 136 valence electrons. The molecule has 0 aromatic heterocycles. The van der Waals surface area contributed by atoms with Gasteiger partial charge in [0, 0.05) is 24.3 Å². The maximum Gasteiger partial charge on any atom is 0.227 e. The van der Waals surface area contributed by atoms with Crippen LogP contribution in [0.4, 0.5) is 11.4 Å². The molecule has 2 aromatic carbocycles. The number of anilines is 2. The number of amides is 2. The maximum absolute atomic E-state index is 12.1. The molecule has 0 radical (unpaired) electrons. The molecule has 0 saturated carbocycles. The van der Waals surface area contributed by atoms with Gasteiger partial charge in [-0.1, -0.05) is 17.7 Å². The number of aryl methyl sites for hydroxylation is 2. The molecular weight excluding hydrogens is 328 g/mol. The van der Waals surface area contributed by atoms with Gasteiger partial charge in [0.1, 0.15) is 5.75 Å². The molecule has 0 bridgehead atoms. The second kappa shape index (κ2) is 8.04. The van der Waals surface area contributed by atoms with Crippen LogP contribution in [-0.2, 0) is 9.59 Å². The molecular formula is C21H24N2O3. The van der Waals surface area contributed by atoms with Crippen molar-refractivity contribution >= 4 is 23.2 Å². The number of nitrogens with one attached hydrogen (secondary N) is 1. The first-order valence-electron chi connectivity index (χ1n) is 8.93. The van der Waals surface area contributed by atoms with E-state index in [4.69, 9.17) is 4.74 Å². The molecule has 1 aliphatic rings. The molecule has 1 aliphatic heterocycles. The summed E-state index contributed by atoms with van der Waals surface area (Å²) < 4.78 is 5.69. The lowest BCUT2D eigenvalue weighted by Crippen LogP contribution is -2.23. The highest BCUT2D eigenvalue weighted by atomic mass is 16.5. The molecule has 0 aliphatic carbocycles. The second-order valence-electron chi connectivity index (χ2n) is 6.61. The molecule has 2 aromatic rings. The Morgan fingerprint density at radius 3 is 2.58 bits per heavy atom. The molecule has 0 spiro atoms. The Morgan fingerprint density at radius 1 is 1.15 bits per heavy atom. The molecule has 0 unspecified atom stereocenters. The fourth-order valence-electron chi connectivity index (χ4n) is 3.08. The molecule has 3 rings (SSSR count). The van der Waals surface area contributed by atoms with Crippen LogP contribution in [0.15, 0.2) is 42.5 Å². The summed E-state index contributed by atoms with van der Waals surface area (Å²) in [5, 5.41) is 2.86. The number of rotatable bonds is 6. The van der Waals surface area contributed by atoms with Crippen molar-refractivity contribution in [3.8, 4) is 5.75 Å². The van der Waals surface area contributed by atoms with Gasteiger partial charge in [0.25, 0.3) is 0 Å². The minimum Gasteiger partial charge on any atom is -0.493 e. The molecule has 1 fully saturated rings. The Balaban J connectivity index is 1.48. The van der Waals surface area contributed by atoms with Gasteiger partial charge < -0.3 is 15.0 Å². The number of hydrogen-bond donors (Lipinski definition) is 1. The number of carbonyl (C=O) groups excluding carboxylic acids is 2. The van der Waals surface area contributed by atoms with Crippen molar-refractivity contribution in [1.82, 2.24) is 0 Å². The summed E-state index contributed by atoms with van der Waals surface area (Å²) >= 11 is 0. The van der Waals surface area contributed by atoms with Crippen LogP contribution in [-0.4, -0.2) is 25.0 Å². The molecule has 2 amide bonds. The largest absolute Gasteiger partial charge is 0.493 e. The van der Waals surface area contributed by atoms with Gasteiger partial charge in [0.05, 0.1) is 13.0 Å². The number of ether oxygens (including phenoxy) is 1. The topological polar surface area (TPSA) is 58.6 Å². The third-order valence-electron chi connectivity index (χ3n) is 4.45. The highest BCUT2D eigenvalue weighted by Crippen LogP contribution is 2.23. The van der Waals surface area contributed by atoms with Gasteiger partial charge in [0.2, 0.25) is 11.8 Å². The minimum atomic E-state index is -0.0974. The SMILES string of the molecule is Cc1ccc(OCCC(=O)Nc2ccc(N3CCCC3=O)cc2)c(C)c1. The van der Waals surface area contributed by atoms with Gasteiger partial charge in [-0.2, -0.15) is 0 Å². The predicted octanol–water partition coefficient (Wildman–Crippen LogP) is 3.84. The lowest BCUT2D eigenvalue weighted by Gasteiger charge is -2.16. The highest BCUT2D eigenvalue weighted by molar-refractivity contribution is 5.96. The van der Waals surface area contributed by atoms with E-state index in [1.54, 1.807) is 4.90 Å². The summed E-state index contributed by atoms with van der Waals surface area (Å²) in [6, 6.07) is 13.4. The van der Waals surface area contributed by atoms with E-state index in [1.807, 2.05) is 50.2 Å². The zero-order chi connectivity index (χ0) is 18.5. The maximum atomic E-state index is 12.1. The van der Waals surface area contributed by atoms with Crippen LogP contribution in [0.3, 0.4) is 0 Å². The zero-order valence-electron chi connectivity index (χ0n) is 15.2. The van der Waals surface area contributed by atoms with Gasteiger partial charge in [-0.15, -0.1) is 0 Å². The van der Waals surface area contributed by atoms with Crippen LogP contribution < -0.4 is 15.0 Å². The minimum absolute atomic E-state index is 0.0974. The Kier molecular flexibility index (Phi) is 5.56. The Labute approximate surface area is 154 Å². The summed E-state index contributed by atoms with van der Waals surface area (Å²) in [7, 11) is 0. The summed E-state index contributed by atoms with van der Waals surface area (Å²) in [6.07, 6.45) is 1.79. The molecule has 26 heavy (non-hydrogen) atoms. The van der Waals surface area contributed by atoms with Crippen LogP contribution in [0, 0.1) is 13.8 Å². The first-order chi connectivity index (χ1) is 12.5. The lowest BCUT2D eigenvalue weighted by atomic mass is 10.1. The first-order valence-corrected chi connectivity index (χ1v) is 8.93. The van der Waals surface area contributed by atoms with E-state index in [0.29, 0.717) is 13.0 Å².